The Morgan fingerprint density at radius 3 is 1.57 bits per heavy atom. The van der Waals surface area contributed by atoms with Gasteiger partial charge in [-0.25, -0.2) is 0 Å². The zero-order valence-electron chi connectivity index (χ0n) is 12.2. The van der Waals surface area contributed by atoms with Gasteiger partial charge in [-0.05, 0) is 12.1 Å². The van der Waals surface area contributed by atoms with Crippen LogP contribution in [-0.4, -0.2) is 70.0 Å². The van der Waals surface area contributed by atoms with Gasteiger partial charge >= 0.3 is 0 Å². The molecule has 2 saturated heterocycles. The minimum atomic E-state index is 0.340. The van der Waals surface area contributed by atoms with Crippen molar-refractivity contribution >= 4 is 0 Å². The molecule has 2 unspecified atom stereocenters. The molecule has 118 valence electrons. The molecule has 0 N–H and O–H groups in total. The summed E-state index contributed by atoms with van der Waals surface area (Å²) >= 11 is 0. The summed E-state index contributed by atoms with van der Waals surface area (Å²) in [7, 11) is 0. The van der Waals surface area contributed by atoms with Crippen LogP contribution in [0.2, 0.25) is 0 Å². The van der Waals surface area contributed by atoms with Crippen molar-refractivity contribution in [3.05, 3.63) is 30.6 Å². The molecule has 0 spiro atoms. The SMILES string of the molecule is C(COCC1CO1)OCCOCC1CO1.c1ccncc1. The molecule has 2 fully saturated rings. The van der Waals surface area contributed by atoms with E-state index in [4.69, 9.17) is 23.7 Å². The fourth-order valence-electron chi connectivity index (χ4n) is 1.41. The van der Waals surface area contributed by atoms with Crippen molar-refractivity contribution in [2.24, 2.45) is 0 Å². The van der Waals surface area contributed by atoms with Crippen molar-refractivity contribution in [3.8, 4) is 0 Å². The maximum absolute atomic E-state index is 5.31. The lowest BCUT2D eigenvalue weighted by Crippen LogP contribution is -2.12. The number of hydrogen-bond acceptors (Lipinski definition) is 6. The summed E-state index contributed by atoms with van der Waals surface area (Å²) in [6.07, 6.45) is 4.18. The maximum Gasteiger partial charge on any atom is 0.104 e. The Balaban J connectivity index is 0.000000225. The summed E-state index contributed by atoms with van der Waals surface area (Å²) in [4.78, 5) is 3.78. The highest BCUT2D eigenvalue weighted by Crippen LogP contribution is 2.08. The maximum atomic E-state index is 5.31. The van der Waals surface area contributed by atoms with Crippen molar-refractivity contribution in [2.45, 2.75) is 12.2 Å². The van der Waals surface area contributed by atoms with Gasteiger partial charge in [-0.3, -0.25) is 4.98 Å². The van der Waals surface area contributed by atoms with Gasteiger partial charge in [0.05, 0.1) is 52.9 Å². The monoisotopic (exact) mass is 297 g/mol. The van der Waals surface area contributed by atoms with E-state index in [1.165, 1.54) is 0 Å². The molecule has 3 rings (SSSR count). The second-order valence-corrected chi connectivity index (χ2v) is 4.70. The van der Waals surface area contributed by atoms with Crippen LogP contribution >= 0.6 is 0 Å². The van der Waals surface area contributed by atoms with Crippen LogP contribution in [0.1, 0.15) is 0 Å². The number of epoxide rings is 2. The number of pyridine rings is 1. The molecule has 6 nitrogen and oxygen atoms in total. The lowest BCUT2D eigenvalue weighted by atomic mass is 10.5. The number of rotatable bonds is 10. The molecule has 21 heavy (non-hydrogen) atoms. The van der Waals surface area contributed by atoms with E-state index in [-0.39, 0.29) is 0 Å². The van der Waals surface area contributed by atoms with Crippen molar-refractivity contribution in [3.63, 3.8) is 0 Å². The predicted octanol–water partition coefficient (Wildman–Crippen LogP) is 0.915. The standard InChI is InChI=1S/C10H18O5.C5H5N/c1(3-12-5-9-7-14-9)11-2-4-13-6-10-8-15-10;1-2-4-6-5-3-1/h9-10H,1-8H2;1-5H. The van der Waals surface area contributed by atoms with Gasteiger partial charge < -0.3 is 23.7 Å². The Hall–Kier alpha value is -1.05. The predicted molar refractivity (Wildman–Crippen MR) is 76.2 cm³/mol. The average Bonchev–Trinajstić information content (AvgIpc) is 3.43. The van der Waals surface area contributed by atoms with E-state index >= 15 is 0 Å². The molecule has 2 atom stereocenters. The molecule has 0 aliphatic carbocycles. The Labute approximate surface area is 125 Å². The largest absolute Gasteiger partial charge is 0.377 e. The number of aromatic nitrogens is 1. The molecule has 0 bridgehead atoms. The van der Waals surface area contributed by atoms with Crippen molar-refractivity contribution < 1.29 is 23.7 Å². The summed E-state index contributed by atoms with van der Waals surface area (Å²) in [5.41, 5.74) is 0. The van der Waals surface area contributed by atoms with Gasteiger partial charge in [0.15, 0.2) is 0 Å². The second kappa shape index (κ2) is 10.6. The Kier molecular flexibility index (Phi) is 8.27. The highest BCUT2D eigenvalue weighted by Gasteiger charge is 2.22. The highest BCUT2D eigenvalue weighted by molar-refractivity contribution is 4.88. The third-order valence-electron chi connectivity index (χ3n) is 2.72. The molecular formula is C15H23NO5. The van der Waals surface area contributed by atoms with E-state index in [1.807, 2.05) is 18.2 Å². The van der Waals surface area contributed by atoms with Crippen LogP contribution in [0.4, 0.5) is 0 Å². The molecule has 0 aromatic carbocycles. The zero-order valence-corrected chi connectivity index (χ0v) is 12.2. The average molecular weight is 297 g/mol. The summed E-state index contributed by atoms with van der Waals surface area (Å²) < 4.78 is 25.9. The third-order valence-corrected chi connectivity index (χ3v) is 2.72. The number of ether oxygens (including phenoxy) is 5. The Bertz CT molecular complexity index is 298. The first-order valence-corrected chi connectivity index (χ1v) is 7.26. The molecule has 0 saturated carbocycles. The lowest BCUT2D eigenvalue weighted by molar-refractivity contribution is 0.00937. The fourth-order valence-corrected chi connectivity index (χ4v) is 1.41. The van der Waals surface area contributed by atoms with E-state index in [0.29, 0.717) is 51.8 Å². The first-order valence-electron chi connectivity index (χ1n) is 7.26. The van der Waals surface area contributed by atoms with Crippen LogP contribution in [0.5, 0.6) is 0 Å². The molecule has 1 aromatic rings. The van der Waals surface area contributed by atoms with Gasteiger partial charge in [-0.2, -0.15) is 0 Å². The smallest absolute Gasteiger partial charge is 0.104 e. The van der Waals surface area contributed by atoms with Gasteiger partial charge in [0.2, 0.25) is 0 Å². The normalized spacial score (nSPS) is 22.3. The van der Waals surface area contributed by atoms with Crippen LogP contribution in [0.25, 0.3) is 0 Å². The zero-order chi connectivity index (χ0) is 14.6. The molecular weight excluding hydrogens is 274 g/mol. The fraction of sp³-hybridized carbons (Fsp3) is 0.667. The molecule has 3 heterocycles. The second-order valence-electron chi connectivity index (χ2n) is 4.70. The summed E-state index contributed by atoms with van der Waals surface area (Å²) in [5, 5.41) is 0. The van der Waals surface area contributed by atoms with E-state index in [2.05, 4.69) is 4.98 Å². The summed E-state index contributed by atoms with van der Waals surface area (Å²) in [6, 6.07) is 5.72. The van der Waals surface area contributed by atoms with E-state index < -0.39 is 0 Å². The van der Waals surface area contributed by atoms with E-state index in [1.54, 1.807) is 12.4 Å². The van der Waals surface area contributed by atoms with Gasteiger partial charge in [0.25, 0.3) is 0 Å². The Morgan fingerprint density at radius 2 is 1.24 bits per heavy atom. The number of nitrogens with zero attached hydrogens (tertiary/aromatic N) is 1. The molecule has 2 aliphatic rings. The van der Waals surface area contributed by atoms with Crippen LogP contribution < -0.4 is 0 Å². The van der Waals surface area contributed by atoms with Crippen LogP contribution in [0.3, 0.4) is 0 Å². The van der Waals surface area contributed by atoms with Crippen LogP contribution in [-0.2, 0) is 23.7 Å². The van der Waals surface area contributed by atoms with Gasteiger partial charge in [-0.1, -0.05) is 6.07 Å². The van der Waals surface area contributed by atoms with E-state index in [0.717, 1.165) is 13.2 Å². The molecule has 1 aromatic heterocycles. The highest BCUT2D eigenvalue weighted by atomic mass is 16.6. The van der Waals surface area contributed by atoms with Gasteiger partial charge in [0, 0.05) is 12.4 Å². The van der Waals surface area contributed by atoms with Crippen LogP contribution in [0.15, 0.2) is 30.6 Å². The van der Waals surface area contributed by atoms with E-state index in [9.17, 15) is 0 Å². The topological polar surface area (TPSA) is 65.6 Å². The number of hydrogen-bond donors (Lipinski definition) is 0. The summed E-state index contributed by atoms with van der Waals surface area (Å²) in [6.45, 7) is 5.58. The molecule has 6 heteroatoms. The Morgan fingerprint density at radius 1 is 0.762 bits per heavy atom. The van der Waals surface area contributed by atoms with Crippen molar-refractivity contribution in [2.75, 3.05) is 52.9 Å². The van der Waals surface area contributed by atoms with Crippen molar-refractivity contribution in [1.29, 1.82) is 0 Å². The molecule has 0 radical (unpaired) electrons. The first-order chi connectivity index (χ1) is 10.4. The van der Waals surface area contributed by atoms with Gasteiger partial charge in [0.1, 0.15) is 12.2 Å². The third kappa shape index (κ3) is 10.3. The van der Waals surface area contributed by atoms with Crippen LogP contribution in [0, 0.1) is 0 Å². The molecule has 2 aliphatic heterocycles. The quantitative estimate of drug-likeness (QED) is 0.472. The summed E-state index contributed by atoms with van der Waals surface area (Å²) in [5.74, 6) is 0. The van der Waals surface area contributed by atoms with Crippen molar-refractivity contribution in [1.82, 2.24) is 4.98 Å². The lowest BCUT2D eigenvalue weighted by Gasteiger charge is -2.05. The molecule has 0 amide bonds. The minimum Gasteiger partial charge on any atom is -0.377 e. The minimum absolute atomic E-state index is 0.340. The first kappa shape index (κ1) is 16.3. The van der Waals surface area contributed by atoms with Gasteiger partial charge in [-0.15, -0.1) is 0 Å².